The van der Waals surface area contributed by atoms with Crippen LogP contribution in [0, 0.1) is 5.92 Å². The number of carbonyl (C=O) groups excluding carboxylic acids is 2. The van der Waals surface area contributed by atoms with Crippen LogP contribution in [0.15, 0.2) is 34.9 Å². The molecule has 136 valence electrons. The summed E-state index contributed by atoms with van der Waals surface area (Å²) >= 11 is 0. The summed E-state index contributed by atoms with van der Waals surface area (Å²) in [6.07, 6.45) is 12.6. The van der Waals surface area contributed by atoms with Crippen LogP contribution in [-0.4, -0.2) is 18.7 Å². The Balaban J connectivity index is 4.04. The van der Waals surface area contributed by atoms with Gasteiger partial charge in [0.15, 0.2) is 0 Å². The fourth-order valence-corrected chi connectivity index (χ4v) is 2.49. The molecular formula is C21H35NO2. The van der Waals surface area contributed by atoms with Crippen LogP contribution in [0.1, 0.15) is 73.1 Å². The minimum absolute atomic E-state index is 0.345. The van der Waals surface area contributed by atoms with E-state index in [9.17, 15) is 9.59 Å². The third-order valence-corrected chi connectivity index (χ3v) is 3.83. The minimum atomic E-state index is 0.345. The molecule has 0 fully saturated rings. The van der Waals surface area contributed by atoms with E-state index in [2.05, 4.69) is 58.2 Å². The first-order valence-corrected chi connectivity index (χ1v) is 9.00. The van der Waals surface area contributed by atoms with Gasteiger partial charge >= 0.3 is 0 Å². The maximum atomic E-state index is 11.8. The topological polar surface area (TPSA) is 46.2 Å². The average molecular weight is 334 g/mol. The highest BCUT2D eigenvalue weighted by atomic mass is 16.1. The Morgan fingerprint density at radius 2 is 1.46 bits per heavy atom. The summed E-state index contributed by atoms with van der Waals surface area (Å²) in [6, 6.07) is 0. The van der Waals surface area contributed by atoms with Crippen molar-refractivity contribution < 1.29 is 9.59 Å². The number of allylic oxidation sites excluding steroid dienone is 5. The van der Waals surface area contributed by atoms with E-state index in [1.807, 2.05) is 0 Å². The Kier molecular flexibility index (Phi) is 12.8. The van der Waals surface area contributed by atoms with Gasteiger partial charge in [0.2, 0.25) is 6.41 Å². The van der Waals surface area contributed by atoms with Gasteiger partial charge in [-0.15, -0.1) is 0 Å². The van der Waals surface area contributed by atoms with E-state index in [1.54, 1.807) is 0 Å². The van der Waals surface area contributed by atoms with Gasteiger partial charge in [0.1, 0.15) is 5.78 Å². The molecule has 0 rings (SSSR count). The number of hydrogen-bond donors (Lipinski definition) is 1. The lowest BCUT2D eigenvalue weighted by molar-refractivity contribution is -0.119. The highest BCUT2D eigenvalue weighted by Gasteiger charge is 2.05. The summed E-state index contributed by atoms with van der Waals surface area (Å²) < 4.78 is 0. The van der Waals surface area contributed by atoms with Gasteiger partial charge < -0.3 is 5.32 Å². The predicted octanol–water partition coefficient (Wildman–Crippen LogP) is 5.14. The molecule has 0 unspecified atom stereocenters. The summed E-state index contributed by atoms with van der Waals surface area (Å²) in [7, 11) is 0. The SMILES string of the molecule is C/C(=C\CC/C(C)=C/CNC=O)CC/C=C(\C)CC(=O)CC(C)C. The molecule has 0 aromatic rings. The number of amides is 1. The van der Waals surface area contributed by atoms with E-state index < -0.39 is 0 Å². The van der Waals surface area contributed by atoms with E-state index in [4.69, 9.17) is 0 Å². The Labute approximate surface area is 148 Å². The van der Waals surface area contributed by atoms with E-state index in [-0.39, 0.29) is 0 Å². The molecule has 24 heavy (non-hydrogen) atoms. The normalized spacial score (nSPS) is 13.3. The molecule has 3 nitrogen and oxygen atoms in total. The zero-order chi connectivity index (χ0) is 18.4. The maximum Gasteiger partial charge on any atom is 0.207 e. The molecule has 0 saturated heterocycles. The van der Waals surface area contributed by atoms with Crippen molar-refractivity contribution in [1.29, 1.82) is 0 Å². The zero-order valence-corrected chi connectivity index (χ0v) is 16.2. The molecule has 1 amide bonds. The van der Waals surface area contributed by atoms with Crippen molar-refractivity contribution in [2.75, 3.05) is 6.54 Å². The molecule has 0 aromatic carbocycles. The van der Waals surface area contributed by atoms with Gasteiger partial charge in [-0.3, -0.25) is 9.59 Å². The molecule has 0 aliphatic rings. The molecular weight excluding hydrogens is 298 g/mol. The van der Waals surface area contributed by atoms with Crippen LogP contribution in [-0.2, 0) is 9.59 Å². The van der Waals surface area contributed by atoms with E-state index in [0.29, 0.717) is 31.1 Å². The van der Waals surface area contributed by atoms with Gasteiger partial charge in [-0.2, -0.15) is 0 Å². The molecule has 0 spiro atoms. The lowest BCUT2D eigenvalue weighted by Gasteiger charge is -2.05. The first kappa shape index (κ1) is 22.4. The fraction of sp³-hybridized carbons (Fsp3) is 0.619. The van der Waals surface area contributed by atoms with Gasteiger partial charge in [-0.1, -0.05) is 48.8 Å². The summed E-state index contributed by atoms with van der Waals surface area (Å²) in [6.45, 7) is 11.1. The van der Waals surface area contributed by atoms with Crippen LogP contribution in [0.3, 0.4) is 0 Å². The highest BCUT2D eigenvalue weighted by molar-refractivity contribution is 5.80. The number of nitrogens with one attached hydrogen (secondary N) is 1. The first-order chi connectivity index (χ1) is 11.3. The average Bonchev–Trinajstić information content (AvgIpc) is 2.46. The third kappa shape index (κ3) is 14.0. The molecule has 1 N–H and O–H groups in total. The molecule has 0 bridgehead atoms. The maximum absolute atomic E-state index is 11.8. The quantitative estimate of drug-likeness (QED) is 0.288. The summed E-state index contributed by atoms with van der Waals surface area (Å²) in [4.78, 5) is 21.9. The number of carbonyl (C=O) groups is 2. The third-order valence-electron chi connectivity index (χ3n) is 3.83. The van der Waals surface area contributed by atoms with Crippen LogP contribution < -0.4 is 5.32 Å². The van der Waals surface area contributed by atoms with Gasteiger partial charge in [-0.05, 0) is 52.4 Å². The van der Waals surface area contributed by atoms with Crippen LogP contribution in [0.4, 0.5) is 0 Å². The Morgan fingerprint density at radius 1 is 0.917 bits per heavy atom. The number of hydrogen-bond acceptors (Lipinski definition) is 2. The van der Waals surface area contributed by atoms with Crippen LogP contribution in [0.25, 0.3) is 0 Å². The molecule has 0 heterocycles. The van der Waals surface area contributed by atoms with Crippen LogP contribution in [0.5, 0.6) is 0 Å². The number of ketones is 1. The Morgan fingerprint density at radius 3 is 2.00 bits per heavy atom. The summed E-state index contributed by atoms with van der Waals surface area (Å²) in [5.41, 5.74) is 3.88. The zero-order valence-electron chi connectivity index (χ0n) is 16.2. The minimum Gasteiger partial charge on any atom is -0.355 e. The van der Waals surface area contributed by atoms with Crippen molar-refractivity contribution >= 4 is 12.2 Å². The molecule has 0 aliphatic carbocycles. The second kappa shape index (κ2) is 13.8. The Bertz CT molecular complexity index is 470. The van der Waals surface area contributed by atoms with Gasteiger partial charge in [0.25, 0.3) is 0 Å². The molecule has 0 aliphatic heterocycles. The van der Waals surface area contributed by atoms with Gasteiger partial charge in [0.05, 0.1) is 0 Å². The molecule has 0 saturated carbocycles. The first-order valence-electron chi connectivity index (χ1n) is 9.00. The standard InChI is InChI=1S/C21H35NO2/c1-17(2)14-21(24)15-20(5)11-7-9-18(3)8-6-10-19(4)12-13-22-16-23/h8,11-12,16-17H,6-7,9-10,13-15H2,1-5H3,(H,22,23)/b18-8+,19-12+,20-11+. The van der Waals surface area contributed by atoms with E-state index >= 15 is 0 Å². The Hall–Kier alpha value is -1.64. The monoisotopic (exact) mass is 333 g/mol. The number of rotatable bonds is 13. The predicted molar refractivity (Wildman–Crippen MR) is 103 cm³/mol. The van der Waals surface area contributed by atoms with Crippen LogP contribution >= 0.6 is 0 Å². The second-order valence-corrected chi connectivity index (χ2v) is 7.07. The summed E-state index contributed by atoms with van der Waals surface area (Å²) in [5, 5.41) is 2.64. The molecule has 0 aromatic heterocycles. The molecule has 0 radical (unpaired) electrons. The molecule has 3 heteroatoms. The van der Waals surface area contributed by atoms with Crippen molar-refractivity contribution in [2.24, 2.45) is 5.92 Å². The van der Waals surface area contributed by atoms with Crippen molar-refractivity contribution in [3.05, 3.63) is 34.9 Å². The summed E-state index contributed by atoms with van der Waals surface area (Å²) in [5.74, 6) is 0.791. The largest absolute Gasteiger partial charge is 0.355 e. The lowest BCUT2D eigenvalue weighted by atomic mass is 10.0. The van der Waals surface area contributed by atoms with Crippen LogP contribution in [0.2, 0.25) is 0 Å². The van der Waals surface area contributed by atoms with Gasteiger partial charge in [0, 0.05) is 19.4 Å². The van der Waals surface area contributed by atoms with Gasteiger partial charge in [-0.25, -0.2) is 0 Å². The van der Waals surface area contributed by atoms with Crippen molar-refractivity contribution in [3.8, 4) is 0 Å². The lowest BCUT2D eigenvalue weighted by Crippen LogP contribution is -2.09. The van der Waals surface area contributed by atoms with E-state index in [1.165, 1.54) is 16.7 Å². The fourth-order valence-electron chi connectivity index (χ4n) is 2.49. The van der Waals surface area contributed by atoms with Crippen molar-refractivity contribution in [3.63, 3.8) is 0 Å². The number of Topliss-reactive ketones (excluding diaryl/α,β-unsaturated/α-hetero) is 1. The van der Waals surface area contributed by atoms with Crippen molar-refractivity contribution in [2.45, 2.75) is 73.1 Å². The van der Waals surface area contributed by atoms with Crippen molar-refractivity contribution in [1.82, 2.24) is 5.32 Å². The second-order valence-electron chi connectivity index (χ2n) is 7.07. The highest BCUT2D eigenvalue weighted by Crippen LogP contribution is 2.13. The van der Waals surface area contributed by atoms with E-state index in [0.717, 1.165) is 32.1 Å². The molecule has 0 atom stereocenters. The smallest absolute Gasteiger partial charge is 0.207 e.